The van der Waals surface area contributed by atoms with Crippen molar-refractivity contribution in [2.24, 2.45) is 0 Å². The molecule has 1 fully saturated rings. The number of carboxylic acid groups (broad SMARTS) is 1. The van der Waals surface area contributed by atoms with Crippen LogP contribution < -0.4 is 15.5 Å². The number of likely N-dealkylation sites (N-methyl/N-ethyl adjacent to an activating group) is 2. The van der Waals surface area contributed by atoms with Gasteiger partial charge < -0.3 is 25.5 Å². The molecule has 2 aliphatic heterocycles. The predicted octanol–water partition coefficient (Wildman–Crippen LogP) is 2.92. The fraction of sp³-hybridized carbons (Fsp3) is 0.241. The Morgan fingerprint density at radius 3 is 2.41 bits per heavy atom. The number of hydrogen-bond acceptors (Lipinski definition) is 7. The first-order valence-corrected chi connectivity index (χ1v) is 12.7. The van der Waals surface area contributed by atoms with Crippen molar-refractivity contribution >= 4 is 46.1 Å². The zero-order valence-electron chi connectivity index (χ0n) is 21.8. The Morgan fingerprint density at radius 2 is 1.74 bits per heavy atom. The van der Waals surface area contributed by atoms with Crippen LogP contribution in [0.15, 0.2) is 66.9 Å². The van der Waals surface area contributed by atoms with Gasteiger partial charge in [-0.3, -0.25) is 14.5 Å². The molecule has 0 radical (unpaired) electrons. The zero-order chi connectivity index (χ0) is 27.5. The van der Waals surface area contributed by atoms with Gasteiger partial charge >= 0.3 is 5.97 Å². The molecule has 200 valence electrons. The van der Waals surface area contributed by atoms with Crippen molar-refractivity contribution < 1.29 is 19.5 Å². The molecule has 5 rings (SSSR count). The van der Waals surface area contributed by atoms with Crippen LogP contribution in [0.3, 0.4) is 0 Å². The van der Waals surface area contributed by atoms with Gasteiger partial charge in [0.25, 0.3) is 5.91 Å². The third-order valence-electron chi connectivity index (χ3n) is 7.03. The lowest BCUT2D eigenvalue weighted by molar-refractivity contribution is -0.119. The number of amides is 2. The van der Waals surface area contributed by atoms with Crippen LogP contribution in [-0.2, 0) is 9.59 Å². The molecular formula is C29H30N6O4. The lowest BCUT2D eigenvalue weighted by Crippen LogP contribution is -2.48. The summed E-state index contributed by atoms with van der Waals surface area (Å²) in [6, 6.07) is 18.2. The lowest BCUT2D eigenvalue weighted by Gasteiger charge is -2.32. The van der Waals surface area contributed by atoms with Gasteiger partial charge in [-0.1, -0.05) is 30.3 Å². The molecular weight excluding hydrogens is 496 g/mol. The molecule has 0 aliphatic carbocycles. The van der Waals surface area contributed by atoms with E-state index in [1.54, 1.807) is 11.9 Å². The van der Waals surface area contributed by atoms with Gasteiger partial charge in [0.15, 0.2) is 0 Å². The molecule has 10 heteroatoms. The normalized spacial score (nSPS) is 16.8. The number of aromatic carboxylic acids is 1. The number of hydrogen-bond donors (Lipinski definition) is 3. The highest BCUT2D eigenvalue weighted by atomic mass is 16.4. The highest BCUT2D eigenvalue weighted by molar-refractivity contribution is 6.37. The maximum Gasteiger partial charge on any atom is 0.354 e. The van der Waals surface area contributed by atoms with E-state index in [4.69, 9.17) is 0 Å². The quantitative estimate of drug-likeness (QED) is 0.403. The molecule has 2 aliphatic rings. The lowest BCUT2D eigenvalue weighted by atomic mass is 10.0. The van der Waals surface area contributed by atoms with Crippen LogP contribution in [-0.4, -0.2) is 84.5 Å². The van der Waals surface area contributed by atoms with E-state index in [-0.39, 0.29) is 17.5 Å². The largest absolute Gasteiger partial charge is 0.477 e. The molecule has 2 amide bonds. The van der Waals surface area contributed by atoms with Crippen LogP contribution in [0.4, 0.5) is 17.1 Å². The average Bonchev–Trinajstić information content (AvgIpc) is 3.28. The first kappa shape index (κ1) is 26.1. The van der Waals surface area contributed by atoms with Gasteiger partial charge in [-0.15, -0.1) is 0 Å². The minimum absolute atomic E-state index is 0.0276. The number of nitrogens with one attached hydrogen (secondary N) is 2. The van der Waals surface area contributed by atoms with Crippen molar-refractivity contribution in [2.45, 2.75) is 0 Å². The molecule has 1 saturated heterocycles. The number of carboxylic acids is 1. The van der Waals surface area contributed by atoms with Crippen molar-refractivity contribution in [3.05, 3.63) is 83.7 Å². The summed E-state index contributed by atoms with van der Waals surface area (Å²) in [5.74, 6) is -1.50. The number of carbonyl (C=O) groups is 3. The molecule has 2 aromatic carbocycles. The molecule has 0 unspecified atom stereocenters. The fourth-order valence-electron chi connectivity index (χ4n) is 4.67. The Bertz CT molecular complexity index is 1430. The number of pyridine rings is 1. The summed E-state index contributed by atoms with van der Waals surface area (Å²) in [6.45, 7) is 4.03. The van der Waals surface area contributed by atoms with E-state index in [2.05, 4.69) is 32.5 Å². The van der Waals surface area contributed by atoms with Crippen molar-refractivity contribution in [3.63, 3.8) is 0 Å². The van der Waals surface area contributed by atoms with Crippen molar-refractivity contribution in [3.8, 4) is 0 Å². The Balaban J connectivity index is 1.40. The maximum atomic E-state index is 13.1. The first-order valence-electron chi connectivity index (χ1n) is 12.7. The smallest absolute Gasteiger partial charge is 0.354 e. The van der Waals surface area contributed by atoms with Crippen LogP contribution in [0, 0.1) is 0 Å². The summed E-state index contributed by atoms with van der Waals surface area (Å²) in [6.07, 6.45) is 1.40. The van der Waals surface area contributed by atoms with E-state index in [0.29, 0.717) is 29.1 Å². The Kier molecular flexibility index (Phi) is 7.40. The number of nitrogens with zero attached hydrogens (tertiary/aromatic N) is 4. The summed E-state index contributed by atoms with van der Waals surface area (Å²) >= 11 is 0. The minimum Gasteiger partial charge on any atom is -0.477 e. The molecule has 10 nitrogen and oxygen atoms in total. The standard InChI is InChI=1S/C29H30N6O4/c1-33-12-14-35(15-13-33)18-25(36)34(2)21-10-8-20(9-11-21)31-27(19-6-4-3-5-7-19)26-22-17-30-24(29(38)39)16-23(22)32-28(26)37/h3-11,16-17,31H,12-15,18H2,1-2H3,(H,32,37)(H,38,39). The van der Waals surface area contributed by atoms with E-state index < -0.39 is 5.97 Å². The average molecular weight is 527 g/mol. The van der Waals surface area contributed by atoms with E-state index in [9.17, 15) is 19.5 Å². The topological polar surface area (TPSA) is 118 Å². The molecule has 1 aromatic heterocycles. The van der Waals surface area contributed by atoms with E-state index in [1.165, 1.54) is 12.3 Å². The molecule has 3 aromatic rings. The van der Waals surface area contributed by atoms with Crippen LogP contribution in [0.2, 0.25) is 0 Å². The van der Waals surface area contributed by atoms with Crippen LogP contribution in [0.5, 0.6) is 0 Å². The first-order chi connectivity index (χ1) is 18.8. The van der Waals surface area contributed by atoms with Gasteiger partial charge in [-0.25, -0.2) is 9.78 Å². The predicted molar refractivity (Wildman–Crippen MR) is 150 cm³/mol. The maximum absolute atomic E-state index is 13.1. The molecule has 0 spiro atoms. The summed E-state index contributed by atoms with van der Waals surface area (Å²) in [5, 5.41) is 15.4. The third-order valence-corrected chi connectivity index (χ3v) is 7.03. The molecule has 3 heterocycles. The molecule has 3 N–H and O–H groups in total. The van der Waals surface area contributed by atoms with Gasteiger partial charge in [0, 0.05) is 56.4 Å². The van der Waals surface area contributed by atoms with E-state index in [0.717, 1.165) is 43.1 Å². The number of carbonyl (C=O) groups excluding carboxylic acids is 2. The number of aromatic nitrogens is 1. The number of fused-ring (bicyclic) bond motifs is 1. The van der Waals surface area contributed by atoms with Gasteiger partial charge in [-0.2, -0.15) is 0 Å². The van der Waals surface area contributed by atoms with Crippen molar-refractivity contribution in [1.29, 1.82) is 0 Å². The fourth-order valence-corrected chi connectivity index (χ4v) is 4.67. The van der Waals surface area contributed by atoms with Crippen LogP contribution >= 0.6 is 0 Å². The number of anilines is 3. The SMILES string of the molecule is CN1CCN(CC(=O)N(C)c2ccc(NC(=C3C(=O)Nc4cc(C(=O)O)ncc43)c3ccccc3)cc2)CC1. The third kappa shape index (κ3) is 5.66. The van der Waals surface area contributed by atoms with E-state index >= 15 is 0 Å². The summed E-state index contributed by atoms with van der Waals surface area (Å²) in [7, 11) is 3.86. The summed E-state index contributed by atoms with van der Waals surface area (Å²) in [4.78, 5) is 47.4. The monoisotopic (exact) mass is 526 g/mol. The Hall–Kier alpha value is -4.54. The number of piperazine rings is 1. The van der Waals surface area contributed by atoms with E-state index in [1.807, 2.05) is 54.6 Å². The highest BCUT2D eigenvalue weighted by Crippen LogP contribution is 2.37. The molecule has 0 bridgehead atoms. The van der Waals surface area contributed by atoms with Crippen molar-refractivity contribution in [1.82, 2.24) is 14.8 Å². The van der Waals surface area contributed by atoms with Gasteiger partial charge in [-0.05, 0) is 42.9 Å². The zero-order valence-corrected chi connectivity index (χ0v) is 21.8. The summed E-state index contributed by atoms with van der Waals surface area (Å²) in [5.41, 5.74) is 3.96. The summed E-state index contributed by atoms with van der Waals surface area (Å²) < 4.78 is 0. The second kappa shape index (κ2) is 11.1. The Labute approximate surface area is 226 Å². The van der Waals surface area contributed by atoms with Gasteiger partial charge in [0.2, 0.25) is 5.91 Å². The van der Waals surface area contributed by atoms with Gasteiger partial charge in [0.1, 0.15) is 5.69 Å². The van der Waals surface area contributed by atoms with Crippen LogP contribution in [0.25, 0.3) is 11.3 Å². The van der Waals surface area contributed by atoms with Crippen molar-refractivity contribution in [2.75, 3.05) is 62.4 Å². The minimum atomic E-state index is -1.17. The Morgan fingerprint density at radius 1 is 1.05 bits per heavy atom. The molecule has 39 heavy (non-hydrogen) atoms. The number of benzene rings is 2. The van der Waals surface area contributed by atoms with Crippen LogP contribution in [0.1, 0.15) is 21.6 Å². The molecule has 0 saturated carbocycles. The van der Waals surface area contributed by atoms with Gasteiger partial charge in [0.05, 0.1) is 23.5 Å². The molecule has 0 atom stereocenters. The second-order valence-corrected chi connectivity index (χ2v) is 9.69. The highest BCUT2D eigenvalue weighted by Gasteiger charge is 2.30. The second-order valence-electron chi connectivity index (χ2n) is 9.69. The number of rotatable bonds is 7.